The highest BCUT2D eigenvalue weighted by atomic mass is 127. The van der Waals surface area contributed by atoms with Gasteiger partial charge in [-0.05, 0) is 58.5 Å². The van der Waals surface area contributed by atoms with Crippen molar-refractivity contribution in [2.75, 3.05) is 11.9 Å². The monoisotopic (exact) mass is 487 g/mol. The molecule has 0 atom stereocenters. The second-order valence-corrected chi connectivity index (χ2v) is 6.96. The lowest BCUT2D eigenvalue weighted by atomic mass is 10.0. The molecule has 0 aromatic heterocycles. The van der Waals surface area contributed by atoms with Crippen LogP contribution in [-0.4, -0.2) is 34.9 Å². The minimum absolute atomic E-state index is 0.107. The van der Waals surface area contributed by atoms with Crippen molar-refractivity contribution in [2.45, 2.75) is 12.8 Å². The first-order valence-electron chi connectivity index (χ1n) is 7.80. The Morgan fingerprint density at radius 2 is 2.07 bits per heavy atom. The van der Waals surface area contributed by atoms with Crippen LogP contribution < -0.4 is 16.1 Å². The van der Waals surface area contributed by atoms with E-state index < -0.39 is 24.6 Å². The molecule has 2 aromatic rings. The summed E-state index contributed by atoms with van der Waals surface area (Å²) in [4.78, 5) is 29.0. The van der Waals surface area contributed by atoms with E-state index in [1.807, 2.05) is 22.6 Å². The molecule has 27 heavy (non-hydrogen) atoms. The van der Waals surface area contributed by atoms with Crippen molar-refractivity contribution < 1.29 is 29.0 Å². The molecule has 1 aliphatic rings. The van der Waals surface area contributed by atoms with Gasteiger partial charge in [0.05, 0.1) is 16.9 Å². The molecule has 10 heteroatoms. The van der Waals surface area contributed by atoms with Crippen molar-refractivity contribution in [3.63, 3.8) is 0 Å². The van der Waals surface area contributed by atoms with E-state index >= 15 is 0 Å². The molecule has 2 amide bonds. The number of hydrogen-bond donors (Lipinski definition) is 5. The van der Waals surface area contributed by atoms with Gasteiger partial charge in [0.1, 0.15) is 12.4 Å². The van der Waals surface area contributed by atoms with E-state index in [9.17, 15) is 14.0 Å². The summed E-state index contributed by atoms with van der Waals surface area (Å²) in [5.74, 6) is -1.49. The third kappa shape index (κ3) is 4.53. The molecule has 142 valence electrons. The molecule has 3 rings (SSSR count). The number of nitrogens with one attached hydrogen (secondary N) is 3. The predicted molar refractivity (Wildman–Crippen MR) is 102 cm³/mol. The number of rotatable bonds is 6. The van der Waals surface area contributed by atoms with E-state index in [0.717, 1.165) is 0 Å². The van der Waals surface area contributed by atoms with Gasteiger partial charge < -0.3 is 20.8 Å². The SMILES string of the molecule is O=C1NCc2cc(C(=O)NOCC(O)O)c(Nc3ccc(I)cc3F)cc21. The maximum atomic E-state index is 14.2. The van der Waals surface area contributed by atoms with Crippen LogP contribution in [0.25, 0.3) is 0 Å². The topological polar surface area (TPSA) is 120 Å². The quantitative estimate of drug-likeness (QED) is 0.239. The molecule has 1 aliphatic heterocycles. The largest absolute Gasteiger partial charge is 0.366 e. The van der Waals surface area contributed by atoms with Crippen LogP contribution in [0.15, 0.2) is 30.3 Å². The second kappa shape index (κ2) is 8.17. The summed E-state index contributed by atoms with van der Waals surface area (Å²) in [6.45, 7) is -0.256. The number of hydroxylamine groups is 1. The summed E-state index contributed by atoms with van der Waals surface area (Å²) in [6, 6.07) is 7.50. The number of fused-ring (bicyclic) bond motifs is 1. The molecule has 0 spiro atoms. The molecule has 0 fully saturated rings. The van der Waals surface area contributed by atoms with Crippen LogP contribution in [0.2, 0.25) is 0 Å². The number of aliphatic hydroxyl groups is 2. The molecule has 0 saturated heterocycles. The maximum Gasteiger partial charge on any atom is 0.276 e. The number of hydrogen-bond acceptors (Lipinski definition) is 6. The van der Waals surface area contributed by atoms with E-state index in [-0.39, 0.29) is 29.4 Å². The highest BCUT2D eigenvalue weighted by Crippen LogP contribution is 2.29. The van der Waals surface area contributed by atoms with Crippen molar-refractivity contribution in [3.8, 4) is 0 Å². The lowest BCUT2D eigenvalue weighted by Gasteiger charge is -2.15. The van der Waals surface area contributed by atoms with Gasteiger partial charge >= 0.3 is 0 Å². The summed E-state index contributed by atoms with van der Waals surface area (Å²) >= 11 is 1.98. The van der Waals surface area contributed by atoms with Gasteiger partial charge in [0, 0.05) is 15.7 Å². The van der Waals surface area contributed by atoms with Crippen LogP contribution in [-0.2, 0) is 11.4 Å². The first kappa shape index (κ1) is 19.5. The Balaban J connectivity index is 1.93. The Morgan fingerprint density at radius 1 is 1.30 bits per heavy atom. The molecule has 2 aromatic carbocycles. The summed E-state index contributed by atoms with van der Waals surface area (Å²) in [6.07, 6.45) is -1.74. The smallest absolute Gasteiger partial charge is 0.276 e. The number of amides is 2. The van der Waals surface area contributed by atoms with Crippen molar-refractivity contribution in [1.29, 1.82) is 0 Å². The number of halogens is 2. The van der Waals surface area contributed by atoms with Crippen LogP contribution in [0, 0.1) is 9.39 Å². The predicted octanol–water partition coefficient (Wildman–Crippen LogP) is 1.39. The molecule has 0 aliphatic carbocycles. The summed E-state index contributed by atoms with van der Waals surface area (Å²) in [5, 5.41) is 23.0. The number of benzene rings is 2. The molecule has 5 N–H and O–H groups in total. The average molecular weight is 487 g/mol. The van der Waals surface area contributed by atoms with Gasteiger partial charge in [-0.2, -0.15) is 0 Å². The molecular formula is C17H15FIN3O5. The van der Waals surface area contributed by atoms with Crippen LogP contribution in [0.1, 0.15) is 26.3 Å². The third-order valence-electron chi connectivity index (χ3n) is 3.77. The van der Waals surface area contributed by atoms with E-state index in [4.69, 9.17) is 15.1 Å². The van der Waals surface area contributed by atoms with Crippen molar-refractivity contribution in [2.24, 2.45) is 0 Å². The highest BCUT2D eigenvalue weighted by molar-refractivity contribution is 14.1. The first-order valence-corrected chi connectivity index (χ1v) is 8.88. The number of carbonyl (C=O) groups is 2. The Morgan fingerprint density at radius 3 is 2.78 bits per heavy atom. The lowest BCUT2D eigenvalue weighted by Crippen LogP contribution is -2.29. The molecule has 0 radical (unpaired) electrons. The van der Waals surface area contributed by atoms with Gasteiger partial charge in [0.2, 0.25) is 0 Å². The zero-order valence-corrected chi connectivity index (χ0v) is 15.9. The fraction of sp³-hybridized carbons (Fsp3) is 0.176. The zero-order valence-electron chi connectivity index (χ0n) is 13.8. The fourth-order valence-electron chi connectivity index (χ4n) is 2.54. The Hall–Kier alpha value is -2.28. The van der Waals surface area contributed by atoms with Crippen LogP contribution >= 0.6 is 22.6 Å². The normalized spacial score (nSPS) is 12.7. The third-order valence-corrected chi connectivity index (χ3v) is 4.44. The maximum absolute atomic E-state index is 14.2. The minimum Gasteiger partial charge on any atom is -0.366 e. The molecular weight excluding hydrogens is 472 g/mol. The molecule has 0 bridgehead atoms. The van der Waals surface area contributed by atoms with Crippen molar-refractivity contribution in [1.82, 2.24) is 10.8 Å². The number of aliphatic hydroxyl groups excluding tert-OH is 1. The molecule has 8 nitrogen and oxygen atoms in total. The van der Waals surface area contributed by atoms with Gasteiger partial charge in [-0.3, -0.25) is 14.4 Å². The molecule has 1 heterocycles. The summed E-state index contributed by atoms with van der Waals surface area (Å²) in [7, 11) is 0. The molecule has 0 saturated carbocycles. The fourth-order valence-corrected chi connectivity index (χ4v) is 2.99. The van der Waals surface area contributed by atoms with Crippen LogP contribution in [0.4, 0.5) is 15.8 Å². The second-order valence-electron chi connectivity index (χ2n) is 5.71. The number of anilines is 2. The highest BCUT2D eigenvalue weighted by Gasteiger charge is 2.24. The minimum atomic E-state index is -1.74. The van der Waals surface area contributed by atoms with Crippen molar-refractivity contribution in [3.05, 3.63) is 56.4 Å². The van der Waals surface area contributed by atoms with E-state index in [1.54, 1.807) is 6.07 Å². The van der Waals surface area contributed by atoms with Gasteiger partial charge in [-0.25, -0.2) is 9.87 Å². The lowest BCUT2D eigenvalue weighted by molar-refractivity contribution is -0.111. The van der Waals surface area contributed by atoms with Crippen LogP contribution in [0.5, 0.6) is 0 Å². The standard InChI is InChI=1S/C17H15FIN3O5/c18-12-4-9(19)1-2-13(12)21-14-5-10-8(6-20-16(10)25)3-11(14)17(26)22-27-7-15(23)24/h1-5,15,21,23-24H,6-7H2,(H,20,25)(H,22,26). The van der Waals surface area contributed by atoms with E-state index in [2.05, 4.69) is 16.1 Å². The van der Waals surface area contributed by atoms with E-state index in [0.29, 0.717) is 14.7 Å². The van der Waals surface area contributed by atoms with Gasteiger partial charge in [0.15, 0.2) is 6.29 Å². The molecule has 0 unspecified atom stereocenters. The summed E-state index contributed by atoms with van der Waals surface area (Å²) < 4.78 is 14.9. The Bertz CT molecular complexity index is 906. The first-order chi connectivity index (χ1) is 12.8. The van der Waals surface area contributed by atoms with Gasteiger partial charge in [-0.1, -0.05) is 0 Å². The Kier molecular flexibility index (Phi) is 5.89. The van der Waals surface area contributed by atoms with Crippen LogP contribution in [0.3, 0.4) is 0 Å². The number of carbonyl (C=O) groups excluding carboxylic acids is 2. The Labute approximate surface area is 166 Å². The summed E-state index contributed by atoms with van der Waals surface area (Å²) in [5.41, 5.74) is 3.52. The zero-order chi connectivity index (χ0) is 19.6. The van der Waals surface area contributed by atoms with Gasteiger partial charge in [-0.15, -0.1) is 0 Å². The van der Waals surface area contributed by atoms with Crippen molar-refractivity contribution >= 4 is 45.8 Å². The average Bonchev–Trinajstić information content (AvgIpc) is 2.96. The van der Waals surface area contributed by atoms with E-state index in [1.165, 1.54) is 24.3 Å². The van der Waals surface area contributed by atoms with Gasteiger partial charge in [0.25, 0.3) is 11.8 Å².